The van der Waals surface area contributed by atoms with Crippen LogP contribution in [0.2, 0.25) is 0 Å². The van der Waals surface area contributed by atoms with Crippen molar-refractivity contribution >= 4 is 17.8 Å². The molecular weight excluding hydrogens is 476 g/mol. The Morgan fingerprint density at radius 1 is 1.00 bits per heavy atom. The summed E-state index contributed by atoms with van der Waals surface area (Å²) in [5, 5.41) is 12.7. The third kappa shape index (κ3) is 4.60. The predicted molar refractivity (Wildman–Crippen MR) is 144 cm³/mol. The van der Waals surface area contributed by atoms with E-state index in [9.17, 15) is 19.5 Å². The Morgan fingerprint density at radius 3 is 2.53 bits per heavy atom. The Bertz CT molecular complexity index is 1430. The van der Waals surface area contributed by atoms with Gasteiger partial charge >= 0.3 is 5.97 Å². The summed E-state index contributed by atoms with van der Waals surface area (Å²) in [6.45, 7) is 3.60. The van der Waals surface area contributed by atoms with Gasteiger partial charge in [-0.3, -0.25) is 9.59 Å². The zero-order chi connectivity index (χ0) is 26.4. The van der Waals surface area contributed by atoms with Gasteiger partial charge in [-0.15, -0.1) is 0 Å². The maximum absolute atomic E-state index is 13.2. The third-order valence-corrected chi connectivity index (χ3v) is 8.54. The topological polar surface area (TPSA) is 86.7 Å². The Morgan fingerprint density at radius 2 is 1.79 bits per heavy atom. The minimum atomic E-state index is -0.955. The largest absolute Gasteiger partial charge is 0.478 e. The van der Waals surface area contributed by atoms with Gasteiger partial charge in [-0.1, -0.05) is 61.5 Å². The van der Waals surface area contributed by atoms with Gasteiger partial charge in [0.25, 0.3) is 0 Å². The molecule has 38 heavy (non-hydrogen) atoms. The van der Waals surface area contributed by atoms with Crippen LogP contribution in [0.1, 0.15) is 64.7 Å². The van der Waals surface area contributed by atoms with Gasteiger partial charge in [-0.2, -0.15) is 0 Å². The molecule has 2 amide bonds. The second kappa shape index (κ2) is 9.43. The number of amides is 2. The zero-order valence-corrected chi connectivity index (χ0v) is 21.6. The van der Waals surface area contributed by atoms with Crippen molar-refractivity contribution in [3.05, 3.63) is 94.5 Å². The van der Waals surface area contributed by atoms with Crippen molar-refractivity contribution in [1.82, 2.24) is 10.2 Å². The molecule has 0 unspecified atom stereocenters. The maximum Gasteiger partial charge on any atom is 0.335 e. The number of carbonyl (C=O) groups excluding carboxylic acids is 2. The molecule has 0 bridgehead atoms. The van der Waals surface area contributed by atoms with E-state index in [0.29, 0.717) is 26.1 Å². The smallest absolute Gasteiger partial charge is 0.335 e. The highest BCUT2D eigenvalue weighted by molar-refractivity contribution is 5.90. The second-order valence-corrected chi connectivity index (χ2v) is 11.2. The Balaban J connectivity index is 1.26. The first-order valence-corrected chi connectivity index (χ1v) is 13.4. The number of aromatic carboxylic acids is 1. The number of rotatable bonds is 7. The molecule has 2 N–H and O–H groups in total. The fraction of sp³-hybridized carbons (Fsp3) is 0.344. The SMILES string of the molecule is CC1(C(=O)N2CCc3c(-c4cccc(C(=O)O)c4)ccc(CNC(=O)[C@H]4C[C@@H]4c4ccccc4)c3C2)CC1. The molecule has 3 aromatic carbocycles. The number of carbonyl (C=O) groups is 3. The van der Waals surface area contributed by atoms with E-state index in [4.69, 9.17) is 0 Å². The first kappa shape index (κ1) is 24.4. The fourth-order valence-corrected chi connectivity index (χ4v) is 5.82. The number of fused-ring (bicyclic) bond motifs is 1. The minimum absolute atomic E-state index is 0.000787. The standard InChI is InChI=1S/C32H32N2O4/c1-32(13-14-32)31(38)34-15-12-25-24(21-8-5-9-22(16-21)30(36)37)11-10-23(28(25)19-34)18-33-29(35)27-17-26(27)20-6-3-2-4-7-20/h2-11,16,26-27H,12-15,17-19H2,1H3,(H,33,35)(H,36,37)/t26-,27+/m1/s1. The molecule has 1 aliphatic heterocycles. The van der Waals surface area contributed by atoms with Gasteiger partial charge in [0.1, 0.15) is 0 Å². The molecule has 6 nitrogen and oxygen atoms in total. The molecule has 2 aliphatic carbocycles. The zero-order valence-electron chi connectivity index (χ0n) is 21.6. The molecule has 6 heteroatoms. The summed E-state index contributed by atoms with van der Waals surface area (Å²) < 4.78 is 0. The van der Waals surface area contributed by atoms with E-state index in [-0.39, 0.29) is 34.6 Å². The molecule has 2 saturated carbocycles. The van der Waals surface area contributed by atoms with Crippen molar-refractivity contribution in [3.63, 3.8) is 0 Å². The number of carboxylic acid groups (broad SMARTS) is 1. The molecule has 3 aliphatic rings. The summed E-state index contributed by atoms with van der Waals surface area (Å²) in [5.74, 6) is -0.399. The van der Waals surface area contributed by atoms with Crippen molar-refractivity contribution in [1.29, 1.82) is 0 Å². The molecule has 3 aromatic rings. The van der Waals surface area contributed by atoms with Crippen LogP contribution < -0.4 is 5.32 Å². The summed E-state index contributed by atoms with van der Waals surface area (Å²) in [6, 6.07) is 21.2. The van der Waals surface area contributed by atoms with Crippen molar-refractivity contribution in [2.24, 2.45) is 11.3 Å². The summed E-state index contributed by atoms with van der Waals surface area (Å²) in [7, 11) is 0. The molecule has 1 heterocycles. The molecule has 194 valence electrons. The van der Waals surface area contributed by atoms with Crippen LogP contribution in [0.4, 0.5) is 0 Å². The summed E-state index contributed by atoms with van der Waals surface area (Å²) in [4.78, 5) is 39.8. The second-order valence-electron chi connectivity index (χ2n) is 11.2. The average molecular weight is 509 g/mol. The molecular formula is C32H32N2O4. The van der Waals surface area contributed by atoms with Crippen LogP contribution in [-0.4, -0.2) is 34.3 Å². The van der Waals surface area contributed by atoms with Crippen LogP contribution in [0.15, 0.2) is 66.7 Å². The summed E-state index contributed by atoms with van der Waals surface area (Å²) in [5.41, 5.74) is 6.30. The number of nitrogens with zero attached hydrogens (tertiary/aromatic N) is 1. The van der Waals surface area contributed by atoms with Crippen LogP contribution in [0.25, 0.3) is 11.1 Å². The number of hydrogen-bond acceptors (Lipinski definition) is 3. The van der Waals surface area contributed by atoms with Crippen LogP contribution in [0.3, 0.4) is 0 Å². The number of hydrogen-bond donors (Lipinski definition) is 2. The Hall–Kier alpha value is -3.93. The van der Waals surface area contributed by atoms with E-state index in [1.165, 1.54) is 5.56 Å². The average Bonchev–Trinajstić information content (AvgIpc) is 3.88. The number of benzene rings is 3. The van der Waals surface area contributed by atoms with Gasteiger partial charge in [-0.25, -0.2) is 4.79 Å². The van der Waals surface area contributed by atoms with E-state index in [2.05, 4.69) is 17.4 Å². The molecule has 0 saturated heterocycles. The lowest BCUT2D eigenvalue weighted by Gasteiger charge is -2.33. The first-order chi connectivity index (χ1) is 18.3. The molecule has 0 radical (unpaired) electrons. The quantitative estimate of drug-likeness (QED) is 0.462. The van der Waals surface area contributed by atoms with Gasteiger partial charge in [0.2, 0.25) is 11.8 Å². The number of carboxylic acids is 1. The van der Waals surface area contributed by atoms with Gasteiger partial charge < -0.3 is 15.3 Å². The van der Waals surface area contributed by atoms with Gasteiger partial charge in [0, 0.05) is 31.0 Å². The highest BCUT2D eigenvalue weighted by Crippen LogP contribution is 2.48. The van der Waals surface area contributed by atoms with Crippen molar-refractivity contribution in [3.8, 4) is 11.1 Å². The lowest BCUT2D eigenvalue weighted by molar-refractivity contribution is -0.137. The van der Waals surface area contributed by atoms with E-state index < -0.39 is 5.97 Å². The van der Waals surface area contributed by atoms with Crippen LogP contribution >= 0.6 is 0 Å². The lowest BCUT2D eigenvalue weighted by atomic mass is 9.86. The predicted octanol–water partition coefficient (Wildman–Crippen LogP) is 5.16. The summed E-state index contributed by atoms with van der Waals surface area (Å²) >= 11 is 0. The van der Waals surface area contributed by atoms with E-state index in [0.717, 1.165) is 47.1 Å². The van der Waals surface area contributed by atoms with Gasteiger partial charge in [0.15, 0.2) is 0 Å². The molecule has 0 aromatic heterocycles. The lowest BCUT2D eigenvalue weighted by Crippen LogP contribution is -2.40. The highest BCUT2D eigenvalue weighted by Gasteiger charge is 2.48. The summed E-state index contributed by atoms with van der Waals surface area (Å²) in [6.07, 6.45) is 3.44. The fourth-order valence-electron chi connectivity index (χ4n) is 5.82. The third-order valence-electron chi connectivity index (χ3n) is 8.54. The van der Waals surface area contributed by atoms with Crippen LogP contribution in [0.5, 0.6) is 0 Å². The van der Waals surface area contributed by atoms with Gasteiger partial charge in [-0.05, 0) is 77.1 Å². The number of nitrogens with one attached hydrogen (secondary N) is 1. The van der Waals surface area contributed by atoms with Crippen molar-refractivity contribution in [2.45, 2.75) is 51.6 Å². The maximum atomic E-state index is 13.2. The van der Waals surface area contributed by atoms with E-state index >= 15 is 0 Å². The van der Waals surface area contributed by atoms with Crippen molar-refractivity contribution in [2.75, 3.05) is 6.54 Å². The van der Waals surface area contributed by atoms with E-state index in [1.54, 1.807) is 18.2 Å². The molecule has 2 fully saturated rings. The Labute approximate surface area is 222 Å². The van der Waals surface area contributed by atoms with Crippen molar-refractivity contribution < 1.29 is 19.5 Å². The van der Waals surface area contributed by atoms with E-state index in [1.807, 2.05) is 48.2 Å². The minimum Gasteiger partial charge on any atom is -0.478 e. The van der Waals surface area contributed by atoms with Crippen LogP contribution in [-0.2, 0) is 29.1 Å². The molecule has 2 atom stereocenters. The highest BCUT2D eigenvalue weighted by atomic mass is 16.4. The molecule has 0 spiro atoms. The first-order valence-electron chi connectivity index (χ1n) is 13.4. The van der Waals surface area contributed by atoms with Crippen LogP contribution in [0, 0.1) is 11.3 Å². The van der Waals surface area contributed by atoms with Gasteiger partial charge in [0.05, 0.1) is 5.56 Å². The monoisotopic (exact) mass is 508 g/mol. The molecule has 6 rings (SSSR count). The Kier molecular flexibility index (Phi) is 6.05. The normalized spacial score (nSPS) is 20.8.